The number of rotatable bonds is 8. The molecule has 4 aromatic rings. The van der Waals surface area contributed by atoms with Crippen molar-refractivity contribution in [1.82, 2.24) is 15.0 Å². The molecule has 0 saturated carbocycles. The van der Waals surface area contributed by atoms with Gasteiger partial charge in [0.15, 0.2) is 5.76 Å². The van der Waals surface area contributed by atoms with Crippen LogP contribution in [0.1, 0.15) is 20.3 Å². The molecule has 2 aromatic carbocycles. The van der Waals surface area contributed by atoms with Crippen LogP contribution >= 0.6 is 0 Å². The third-order valence-corrected chi connectivity index (χ3v) is 4.60. The molecule has 0 bridgehead atoms. The van der Waals surface area contributed by atoms with Crippen LogP contribution in [0.4, 0.5) is 6.01 Å². The van der Waals surface area contributed by atoms with Gasteiger partial charge in [-0.15, -0.1) is 0 Å². The second-order valence-electron chi connectivity index (χ2n) is 7.84. The number of carboxylic acids is 1. The lowest BCUT2D eigenvalue weighted by Gasteiger charge is -2.22. The molecule has 162 valence electrons. The quantitative estimate of drug-likeness (QED) is 0.390. The van der Waals surface area contributed by atoms with E-state index in [1.807, 2.05) is 54.6 Å². The Morgan fingerprint density at radius 1 is 1.00 bits per heavy atom. The number of carbonyl (C=O) groups is 1. The summed E-state index contributed by atoms with van der Waals surface area (Å²) in [7, 11) is 0. The maximum absolute atomic E-state index is 11.2. The maximum Gasteiger partial charge on any atom is 0.305 e. The second kappa shape index (κ2) is 8.89. The van der Waals surface area contributed by atoms with E-state index in [-0.39, 0.29) is 12.4 Å². The van der Waals surface area contributed by atoms with Crippen LogP contribution in [-0.2, 0) is 4.79 Å². The Morgan fingerprint density at radius 3 is 2.31 bits per heavy atom. The maximum atomic E-state index is 11.2. The Kier molecular flexibility index (Phi) is 5.85. The monoisotopic (exact) mass is 430 g/mol. The van der Waals surface area contributed by atoms with Gasteiger partial charge in [-0.25, -0.2) is 9.97 Å². The van der Waals surface area contributed by atoms with E-state index in [2.05, 4.69) is 20.3 Å². The number of nitrogens with one attached hydrogen (secondary N) is 1. The summed E-state index contributed by atoms with van der Waals surface area (Å²) in [5.41, 5.74) is 1.28. The van der Waals surface area contributed by atoms with Crippen molar-refractivity contribution in [3.63, 3.8) is 0 Å². The summed E-state index contributed by atoms with van der Waals surface area (Å²) >= 11 is 0. The van der Waals surface area contributed by atoms with Crippen molar-refractivity contribution in [2.75, 3.05) is 5.32 Å². The fourth-order valence-electron chi connectivity index (χ4n) is 3.20. The molecule has 0 saturated heterocycles. The lowest BCUT2D eigenvalue weighted by Crippen LogP contribution is -2.33. The smallest absolute Gasteiger partial charge is 0.305 e. The molecule has 0 atom stereocenters. The van der Waals surface area contributed by atoms with Crippen LogP contribution in [0, 0.1) is 0 Å². The summed E-state index contributed by atoms with van der Waals surface area (Å²) < 4.78 is 11.8. The standard InChI is InChI=1S/C24H22N4O4/c1-24(2,12-20(29)30)28-23-27-21(22(32-23)17-13-25-15-26-14-17)16-8-10-19(11-9-16)31-18-6-4-3-5-7-18/h3-11,13-15H,12H2,1-2H3,(H,27,28)(H,29,30). The number of aromatic nitrogens is 3. The Bertz CT molecular complexity index is 1190. The highest BCUT2D eigenvalue weighted by Gasteiger charge is 2.25. The van der Waals surface area contributed by atoms with Crippen LogP contribution < -0.4 is 10.1 Å². The molecule has 0 unspecified atom stereocenters. The van der Waals surface area contributed by atoms with Gasteiger partial charge >= 0.3 is 5.97 Å². The van der Waals surface area contributed by atoms with Gasteiger partial charge in [0.1, 0.15) is 23.5 Å². The highest BCUT2D eigenvalue weighted by atomic mass is 16.5. The molecule has 8 heteroatoms. The topological polar surface area (TPSA) is 110 Å². The summed E-state index contributed by atoms with van der Waals surface area (Å²) in [4.78, 5) is 23.9. The zero-order valence-corrected chi connectivity index (χ0v) is 17.6. The van der Waals surface area contributed by atoms with Gasteiger partial charge in [-0.3, -0.25) is 4.79 Å². The molecule has 0 fully saturated rings. The number of aliphatic carboxylic acids is 1. The Labute approximate surface area is 184 Å². The van der Waals surface area contributed by atoms with E-state index >= 15 is 0 Å². The van der Waals surface area contributed by atoms with Gasteiger partial charge in [-0.05, 0) is 50.2 Å². The fourth-order valence-corrected chi connectivity index (χ4v) is 3.20. The van der Waals surface area contributed by atoms with E-state index in [1.165, 1.54) is 6.33 Å². The van der Waals surface area contributed by atoms with Crippen LogP contribution in [0.2, 0.25) is 0 Å². The number of hydrogen-bond donors (Lipinski definition) is 2. The Balaban J connectivity index is 1.66. The lowest BCUT2D eigenvalue weighted by atomic mass is 10.0. The molecule has 0 aliphatic rings. The first kappa shape index (κ1) is 21.0. The zero-order valence-electron chi connectivity index (χ0n) is 17.6. The Morgan fingerprint density at radius 2 is 1.66 bits per heavy atom. The number of carboxylic acid groups (broad SMARTS) is 1. The van der Waals surface area contributed by atoms with Gasteiger partial charge in [0, 0.05) is 23.5 Å². The van der Waals surface area contributed by atoms with E-state index in [9.17, 15) is 4.79 Å². The highest BCUT2D eigenvalue weighted by Crippen LogP contribution is 2.36. The molecule has 0 amide bonds. The van der Waals surface area contributed by atoms with Crippen molar-refractivity contribution in [3.05, 3.63) is 73.3 Å². The molecule has 0 spiro atoms. The molecule has 2 aromatic heterocycles. The molecular formula is C24H22N4O4. The summed E-state index contributed by atoms with van der Waals surface area (Å²) in [6.07, 6.45) is 4.61. The number of oxazole rings is 1. The molecule has 32 heavy (non-hydrogen) atoms. The number of ether oxygens (including phenoxy) is 1. The molecule has 2 heterocycles. The molecule has 0 aliphatic heterocycles. The van der Waals surface area contributed by atoms with Crippen LogP contribution in [0.25, 0.3) is 22.6 Å². The van der Waals surface area contributed by atoms with E-state index < -0.39 is 11.5 Å². The number of nitrogens with zero attached hydrogens (tertiary/aromatic N) is 3. The number of para-hydroxylation sites is 1. The van der Waals surface area contributed by atoms with E-state index in [0.717, 1.165) is 11.3 Å². The third-order valence-electron chi connectivity index (χ3n) is 4.60. The summed E-state index contributed by atoms with van der Waals surface area (Å²) in [6.45, 7) is 3.54. The predicted molar refractivity (Wildman–Crippen MR) is 119 cm³/mol. The average Bonchev–Trinajstić information content (AvgIpc) is 3.17. The third kappa shape index (κ3) is 5.10. The lowest BCUT2D eigenvalue weighted by molar-refractivity contribution is -0.137. The normalized spacial score (nSPS) is 11.2. The first-order valence-electron chi connectivity index (χ1n) is 9.99. The second-order valence-corrected chi connectivity index (χ2v) is 7.84. The van der Waals surface area contributed by atoms with E-state index in [4.69, 9.17) is 14.3 Å². The summed E-state index contributed by atoms with van der Waals surface area (Å²) in [6, 6.07) is 17.2. The van der Waals surface area contributed by atoms with Crippen molar-refractivity contribution in [1.29, 1.82) is 0 Å². The average molecular weight is 430 g/mol. The van der Waals surface area contributed by atoms with E-state index in [0.29, 0.717) is 22.8 Å². The van der Waals surface area contributed by atoms with Gasteiger partial charge in [0.05, 0.1) is 12.0 Å². The minimum absolute atomic E-state index is 0.0972. The van der Waals surface area contributed by atoms with Crippen molar-refractivity contribution >= 4 is 12.0 Å². The van der Waals surface area contributed by atoms with Crippen LogP contribution in [0.5, 0.6) is 11.5 Å². The van der Waals surface area contributed by atoms with Gasteiger partial charge in [0.2, 0.25) is 0 Å². The van der Waals surface area contributed by atoms with Gasteiger partial charge in [-0.2, -0.15) is 4.98 Å². The van der Waals surface area contributed by atoms with Gasteiger partial charge < -0.3 is 19.6 Å². The van der Waals surface area contributed by atoms with Crippen molar-refractivity contribution < 1.29 is 19.1 Å². The van der Waals surface area contributed by atoms with Crippen LogP contribution in [-0.4, -0.2) is 31.6 Å². The minimum atomic E-state index is -0.917. The van der Waals surface area contributed by atoms with Crippen LogP contribution in [0.15, 0.2) is 77.7 Å². The van der Waals surface area contributed by atoms with Crippen LogP contribution in [0.3, 0.4) is 0 Å². The minimum Gasteiger partial charge on any atom is -0.481 e. The van der Waals surface area contributed by atoms with Crippen molar-refractivity contribution in [2.45, 2.75) is 25.8 Å². The van der Waals surface area contributed by atoms with Crippen molar-refractivity contribution in [2.24, 2.45) is 0 Å². The highest BCUT2D eigenvalue weighted by molar-refractivity contribution is 5.78. The number of benzene rings is 2. The largest absolute Gasteiger partial charge is 0.481 e. The Hall–Kier alpha value is -4.20. The first-order valence-corrected chi connectivity index (χ1v) is 9.99. The molecule has 4 rings (SSSR count). The zero-order chi connectivity index (χ0) is 22.6. The fraction of sp³-hybridized carbons (Fsp3) is 0.167. The van der Waals surface area contributed by atoms with Crippen molar-refractivity contribution in [3.8, 4) is 34.1 Å². The van der Waals surface area contributed by atoms with E-state index in [1.54, 1.807) is 26.2 Å². The predicted octanol–water partition coefficient (Wildman–Crippen LogP) is 5.26. The molecular weight excluding hydrogens is 408 g/mol. The number of anilines is 1. The first-order chi connectivity index (χ1) is 15.4. The molecule has 0 aliphatic carbocycles. The summed E-state index contributed by atoms with van der Waals surface area (Å²) in [5.74, 6) is 1.00. The van der Waals surface area contributed by atoms with Gasteiger partial charge in [-0.1, -0.05) is 18.2 Å². The number of hydrogen-bond acceptors (Lipinski definition) is 7. The van der Waals surface area contributed by atoms with Gasteiger partial charge in [0.25, 0.3) is 6.01 Å². The molecule has 2 N–H and O–H groups in total. The summed E-state index contributed by atoms with van der Waals surface area (Å²) in [5, 5.41) is 12.2. The SMILES string of the molecule is CC(C)(CC(=O)O)Nc1nc(-c2ccc(Oc3ccccc3)cc2)c(-c2cncnc2)o1. The molecule has 0 radical (unpaired) electrons. The molecule has 8 nitrogen and oxygen atoms in total.